The Morgan fingerprint density at radius 2 is 2.07 bits per heavy atom. The third kappa shape index (κ3) is 3.43. The molecule has 0 spiro atoms. The van der Waals surface area contributed by atoms with E-state index >= 15 is 0 Å². The van der Waals surface area contributed by atoms with Gasteiger partial charge >= 0.3 is 0 Å². The molecule has 1 N–H and O–H groups in total. The molecule has 1 aromatic rings. The van der Waals surface area contributed by atoms with E-state index in [1.807, 2.05) is 24.3 Å². The van der Waals surface area contributed by atoms with Crippen LogP contribution in [0, 0.1) is 0 Å². The summed E-state index contributed by atoms with van der Waals surface area (Å²) in [6.07, 6.45) is 0. The number of benzene rings is 1. The number of rotatable bonds is 2. The van der Waals surface area contributed by atoms with Crippen LogP contribution in [0.4, 0.5) is 5.69 Å². The van der Waals surface area contributed by atoms with Crippen LogP contribution in [0.25, 0.3) is 0 Å². The molecule has 1 aromatic carbocycles. The molecule has 3 nitrogen and oxygen atoms in total. The van der Waals surface area contributed by atoms with E-state index in [0.717, 1.165) is 28.9 Å². The number of ether oxygens (including phenoxy) is 1. The average molecular weight is 288 g/mol. The van der Waals surface area contributed by atoms with Crippen LogP contribution in [0.1, 0.15) is 0 Å². The van der Waals surface area contributed by atoms with Crippen LogP contribution in [0.3, 0.4) is 0 Å². The van der Waals surface area contributed by atoms with Gasteiger partial charge in [-0.1, -0.05) is 11.8 Å². The molecule has 0 radical (unpaired) electrons. The Balaban J connectivity index is 0.00000112. The average Bonchev–Trinajstić information content (AvgIpc) is 2.72. The largest absolute Gasteiger partial charge is 1.00 e. The minimum absolute atomic E-state index is 0. The second-order valence-electron chi connectivity index (χ2n) is 2.89. The third-order valence-electron chi connectivity index (χ3n) is 1.93. The number of halogens is 1. The summed E-state index contributed by atoms with van der Waals surface area (Å²) in [5.41, 5.74) is 1.05. The van der Waals surface area contributed by atoms with Crippen LogP contribution in [0.5, 0.6) is 5.75 Å². The summed E-state index contributed by atoms with van der Waals surface area (Å²) in [6, 6.07) is 7.84. The van der Waals surface area contributed by atoms with Crippen molar-refractivity contribution in [3.63, 3.8) is 0 Å². The molecular formula is C10H12BrN2OS-. The van der Waals surface area contributed by atoms with Crippen LogP contribution >= 0.6 is 11.8 Å². The van der Waals surface area contributed by atoms with Gasteiger partial charge < -0.3 is 27.0 Å². The lowest BCUT2D eigenvalue weighted by molar-refractivity contribution is -0.00000307. The molecule has 2 rings (SSSR count). The zero-order valence-electron chi connectivity index (χ0n) is 8.37. The van der Waals surface area contributed by atoms with Crippen molar-refractivity contribution < 1.29 is 21.7 Å². The van der Waals surface area contributed by atoms with Crippen LogP contribution in [-0.4, -0.2) is 24.6 Å². The zero-order valence-corrected chi connectivity index (χ0v) is 10.8. The van der Waals surface area contributed by atoms with E-state index in [4.69, 9.17) is 4.74 Å². The first-order chi connectivity index (χ1) is 6.88. The van der Waals surface area contributed by atoms with Gasteiger partial charge in [-0.25, -0.2) is 0 Å². The lowest BCUT2D eigenvalue weighted by Gasteiger charge is -2.05. The van der Waals surface area contributed by atoms with Gasteiger partial charge in [0, 0.05) is 11.4 Å². The lowest BCUT2D eigenvalue weighted by Crippen LogP contribution is -3.00. The minimum Gasteiger partial charge on any atom is -1.00 e. The highest BCUT2D eigenvalue weighted by atomic mass is 79.9. The number of hydrogen-bond acceptors (Lipinski definition) is 4. The zero-order chi connectivity index (χ0) is 9.80. The second kappa shape index (κ2) is 6.02. The van der Waals surface area contributed by atoms with Gasteiger partial charge in [0.1, 0.15) is 5.75 Å². The van der Waals surface area contributed by atoms with Crippen molar-refractivity contribution in [3.05, 3.63) is 24.3 Å². The summed E-state index contributed by atoms with van der Waals surface area (Å²) in [6.45, 7) is 0.920. The molecule has 0 amide bonds. The second-order valence-corrected chi connectivity index (χ2v) is 3.97. The molecule has 1 aliphatic heterocycles. The van der Waals surface area contributed by atoms with Crippen molar-refractivity contribution in [1.82, 2.24) is 0 Å². The summed E-state index contributed by atoms with van der Waals surface area (Å²) in [5.74, 6) is 1.95. The molecule has 1 heterocycles. The first kappa shape index (κ1) is 12.4. The standard InChI is InChI=1S/C10H12N2OS.BrH/c1-13-9-4-2-8(3-5-9)12-10-11-6-7-14-10;/h2-5H,6-7H2,1H3,(H,11,12);1H/p-1. The van der Waals surface area contributed by atoms with Crippen LogP contribution in [0.15, 0.2) is 29.3 Å². The Morgan fingerprint density at radius 1 is 1.33 bits per heavy atom. The van der Waals surface area contributed by atoms with Gasteiger partial charge in [0.2, 0.25) is 0 Å². The third-order valence-corrected chi connectivity index (χ3v) is 2.82. The summed E-state index contributed by atoms with van der Waals surface area (Å²) in [4.78, 5) is 4.31. The maximum Gasteiger partial charge on any atom is 0.161 e. The minimum atomic E-state index is 0. The highest BCUT2D eigenvalue weighted by Crippen LogP contribution is 2.18. The smallest absolute Gasteiger partial charge is 0.161 e. The van der Waals surface area contributed by atoms with E-state index in [9.17, 15) is 0 Å². The summed E-state index contributed by atoms with van der Waals surface area (Å²) < 4.78 is 5.08. The summed E-state index contributed by atoms with van der Waals surface area (Å²) in [5, 5.41) is 4.26. The van der Waals surface area contributed by atoms with E-state index in [1.54, 1.807) is 18.9 Å². The fraction of sp³-hybridized carbons (Fsp3) is 0.300. The highest BCUT2D eigenvalue weighted by Gasteiger charge is 2.06. The van der Waals surface area contributed by atoms with Crippen molar-refractivity contribution >= 4 is 22.6 Å². The lowest BCUT2D eigenvalue weighted by atomic mass is 10.3. The molecule has 5 heteroatoms. The Hall–Kier alpha value is -0.680. The van der Waals surface area contributed by atoms with Gasteiger partial charge in [0.15, 0.2) is 5.17 Å². The quantitative estimate of drug-likeness (QED) is 0.775. The number of amidine groups is 1. The fourth-order valence-corrected chi connectivity index (χ4v) is 1.96. The first-order valence-corrected chi connectivity index (χ1v) is 5.45. The molecule has 0 unspecified atom stereocenters. The predicted molar refractivity (Wildman–Crippen MR) is 61.4 cm³/mol. The fourth-order valence-electron chi connectivity index (χ4n) is 1.21. The van der Waals surface area contributed by atoms with E-state index in [0.29, 0.717) is 0 Å². The molecule has 0 aliphatic carbocycles. The molecule has 0 bridgehead atoms. The number of hydrogen-bond donors (Lipinski definition) is 1. The SMILES string of the molecule is COc1ccc(NC2=NCCS2)cc1.[Br-]. The Bertz CT molecular complexity index is 340. The Labute approximate surface area is 104 Å². The number of aliphatic imine (C=N–C) groups is 1. The van der Waals surface area contributed by atoms with Crippen molar-refractivity contribution in [2.24, 2.45) is 4.99 Å². The first-order valence-electron chi connectivity index (χ1n) is 4.47. The molecule has 82 valence electrons. The van der Waals surface area contributed by atoms with Gasteiger partial charge in [-0.05, 0) is 24.3 Å². The number of methoxy groups -OCH3 is 1. The van der Waals surface area contributed by atoms with Crippen molar-refractivity contribution in [3.8, 4) is 5.75 Å². The van der Waals surface area contributed by atoms with Crippen LogP contribution in [0.2, 0.25) is 0 Å². The van der Waals surface area contributed by atoms with Crippen molar-refractivity contribution in [2.45, 2.75) is 0 Å². The molecule has 0 fully saturated rings. The monoisotopic (exact) mass is 287 g/mol. The topological polar surface area (TPSA) is 33.6 Å². The Kier molecular flexibility index (Phi) is 4.98. The van der Waals surface area contributed by atoms with Crippen molar-refractivity contribution in [1.29, 1.82) is 0 Å². The summed E-state index contributed by atoms with van der Waals surface area (Å²) >= 11 is 1.75. The van der Waals surface area contributed by atoms with Crippen LogP contribution < -0.4 is 27.0 Å². The molecule has 0 saturated carbocycles. The van der Waals surface area contributed by atoms with E-state index < -0.39 is 0 Å². The molecule has 15 heavy (non-hydrogen) atoms. The van der Waals surface area contributed by atoms with Gasteiger partial charge in [-0.3, -0.25) is 4.99 Å². The maximum absolute atomic E-state index is 5.08. The molecule has 0 atom stereocenters. The number of nitrogens with zero attached hydrogens (tertiary/aromatic N) is 1. The number of anilines is 1. The highest BCUT2D eigenvalue weighted by molar-refractivity contribution is 8.14. The van der Waals surface area contributed by atoms with E-state index in [2.05, 4.69) is 10.3 Å². The van der Waals surface area contributed by atoms with E-state index in [-0.39, 0.29) is 17.0 Å². The number of nitrogens with one attached hydrogen (secondary N) is 1. The van der Waals surface area contributed by atoms with E-state index in [1.165, 1.54) is 0 Å². The van der Waals surface area contributed by atoms with Gasteiger partial charge in [0.25, 0.3) is 0 Å². The van der Waals surface area contributed by atoms with Gasteiger partial charge in [-0.2, -0.15) is 0 Å². The van der Waals surface area contributed by atoms with Gasteiger partial charge in [0.05, 0.1) is 13.7 Å². The Morgan fingerprint density at radius 3 is 2.60 bits per heavy atom. The van der Waals surface area contributed by atoms with Crippen molar-refractivity contribution in [2.75, 3.05) is 24.7 Å². The summed E-state index contributed by atoms with van der Waals surface area (Å²) in [7, 11) is 1.67. The molecule has 0 saturated heterocycles. The molecular weight excluding hydrogens is 276 g/mol. The molecule has 1 aliphatic rings. The van der Waals surface area contributed by atoms with Gasteiger partial charge in [-0.15, -0.1) is 0 Å². The molecule has 0 aromatic heterocycles. The van der Waals surface area contributed by atoms with Crippen LogP contribution in [-0.2, 0) is 0 Å². The predicted octanol–water partition coefficient (Wildman–Crippen LogP) is -0.786. The number of thioether (sulfide) groups is 1. The maximum atomic E-state index is 5.08. The normalized spacial score (nSPS) is 14.1.